The average molecular weight is 227 g/mol. The van der Waals surface area contributed by atoms with E-state index in [0.717, 1.165) is 37.6 Å². The Morgan fingerprint density at radius 1 is 1.25 bits per heavy atom. The molecular formula is C14H29NO. The molecule has 16 heavy (non-hydrogen) atoms. The van der Waals surface area contributed by atoms with Crippen molar-refractivity contribution in [1.29, 1.82) is 0 Å². The predicted octanol–water partition coefficient (Wildman–Crippen LogP) is 3.17. The van der Waals surface area contributed by atoms with Crippen LogP contribution in [0.4, 0.5) is 0 Å². The van der Waals surface area contributed by atoms with Crippen LogP contribution >= 0.6 is 0 Å². The monoisotopic (exact) mass is 227 g/mol. The number of nitrogens with zero attached hydrogens (tertiary/aromatic N) is 1. The van der Waals surface area contributed by atoms with Gasteiger partial charge >= 0.3 is 0 Å². The van der Waals surface area contributed by atoms with Gasteiger partial charge in [0.15, 0.2) is 0 Å². The Hall–Kier alpha value is -0.0800. The van der Waals surface area contributed by atoms with Gasteiger partial charge in [0.2, 0.25) is 0 Å². The van der Waals surface area contributed by atoms with Gasteiger partial charge in [-0.05, 0) is 44.6 Å². The van der Waals surface area contributed by atoms with E-state index in [1.807, 2.05) is 0 Å². The van der Waals surface area contributed by atoms with Gasteiger partial charge < -0.3 is 4.74 Å². The molecule has 0 radical (unpaired) electrons. The third-order valence-electron chi connectivity index (χ3n) is 3.83. The van der Waals surface area contributed by atoms with Crippen molar-refractivity contribution in [2.75, 3.05) is 26.3 Å². The Kier molecular flexibility index (Phi) is 6.37. The predicted molar refractivity (Wildman–Crippen MR) is 69.7 cm³/mol. The van der Waals surface area contributed by atoms with Gasteiger partial charge in [0.25, 0.3) is 0 Å². The Morgan fingerprint density at radius 3 is 2.62 bits per heavy atom. The van der Waals surface area contributed by atoms with Crippen molar-refractivity contribution < 1.29 is 4.74 Å². The van der Waals surface area contributed by atoms with Gasteiger partial charge in [0, 0.05) is 19.2 Å². The van der Waals surface area contributed by atoms with E-state index in [2.05, 4.69) is 32.6 Å². The first-order valence-corrected chi connectivity index (χ1v) is 6.97. The summed E-state index contributed by atoms with van der Waals surface area (Å²) in [6, 6.07) is 0.769. The molecule has 2 atom stereocenters. The van der Waals surface area contributed by atoms with Gasteiger partial charge in [-0.25, -0.2) is 0 Å². The smallest absolute Gasteiger partial charge is 0.0593 e. The molecule has 0 bridgehead atoms. The largest absolute Gasteiger partial charge is 0.380 e. The van der Waals surface area contributed by atoms with E-state index in [1.165, 1.54) is 25.8 Å². The fourth-order valence-corrected chi connectivity index (χ4v) is 2.69. The van der Waals surface area contributed by atoms with Gasteiger partial charge in [0.05, 0.1) is 6.61 Å². The lowest BCUT2D eigenvalue weighted by Gasteiger charge is -2.32. The van der Waals surface area contributed by atoms with Crippen molar-refractivity contribution in [3.05, 3.63) is 0 Å². The molecule has 1 saturated heterocycles. The topological polar surface area (TPSA) is 12.5 Å². The minimum Gasteiger partial charge on any atom is -0.380 e. The van der Waals surface area contributed by atoms with E-state index in [4.69, 9.17) is 4.74 Å². The molecule has 0 aromatic heterocycles. The van der Waals surface area contributed by atoms with Crippen LogP contribution in [-0.2, 0) is 4.74 Å². The van der Waals surface area contributed by atoms with Crippen molar-refractivity contribution in [1.82, 2.24) is 4.90 Å². The van der Waals surface area contributed by atoms with E-state index in [0.29, 0.717) is 0 Å². The number of likely N-dealkylation sites (tertiary alicyclic amines) is 1. The van der Waals surface area contributed by atoms with E-state index in [9.17, 15) is 0 Å². The number of hydrogen-bond donors (Lipinski definition) is 0. The first-order chi connectivity index (χ1) is 7.65. The standard InChI is InChI=1S/C14H29NO/c1-5-16-11-10-15-9-8-13(4)6-7-14(15)12(2)3/h12-14H,5-11H2,1-4H3. The fraction of sp³-hybridized carbons (Fsp3) is 1.00. The van der Waals surface area contributed by atoms with Crippen molar-refractivity contribution in [2.24, 2.45) is 11.8 Å². The molecule has 2 nitrogen and oxygen atoms in total. The number of hydrogen-bond acceptors (Lipinski definition) is 2. The van der Waals surface area contributed by atoms with Crippen molar-refractivity contribution >= 4 is 0 Å². The molecule has 0 aromatic carbocycles. The number of rotatable bonds is 5. The van der Waals surface area contributed by atoms with Crippen LogP contribution in [0.25, 0.3) is 0 Å². The minimum absolute atomic E-state index is 0.769. The van der Waals surface area contributed by atoms with Crippen LogP contribution in [-0.4, -0.2) is 37.2 Å². The van der Waals surface area contributed by atoms with E-state index in [1.54, 1.807) is 0 Å². The summed E-state index contributed by atoms with van der Waals surface area (Å²) in [6.07, 6.45) is 4.12. The van der Waals surface area contributed by atoms with Gasteiger partial charge in [0.1, 0.15) is 0 Å². The van der Waals surface area contributed by atoms with Gasteiger partial charge in [-0.15, -0.1) is 0 Å². The number of ether oxygens (including phenoxy) is 1. The molecule has 0 spiro atoms. The molecule has 1 aliphatic rings. The second-order valence-corrected chi connectivity index (χ2v) is 5.52. The molecule has 1 rings (SSSR count). The van der Waals surface area contributed by atoms with E-state index >= 15 is 0 Å². The molecule has 1 aliphatic heterocycles. The third-order valence-corrected chi connectivity index (χ3v) is 3.83. The van der Waals surface area contributed by atoms with Gasteiger partial charge in [-0.3, -0.25) is 4.90 Å². The second-order valence-electron chi connectivity index (χ2n) is 5.52. The highest BCUT2D eigenvalue weighted by Gasteiger charge is 2.25. The van der Waals surface area contributed by atoms with E-state index < -0.39 is 0 Å². The van der Waals surface area contributed by atoms with Crippen molar-refractivity contribution in [2.45, 2.75) is 53.0 Å². The van der Waals surface area contributed by atoms with Crippen LogP contribution in [0.5, 0.6) is 0 Å². The molecule has 96 valence electrons. The fourth-order valence-electron chi connectivity index (χ4n) is 2.69. The third kappa shape index (κ3) is 4.42. The summed E-state index contributed by atoms with van der Waals surface area (Å²) in [5.41, 5.74) is 0. The highest BCUT2D eigenvalue weighted by molar-refractivity contribution is 4.79. The average Bonchev–Trinajstić information content (AvgIpc) is 2.41. The van der Waals surface area contributed by atoms with Crippen LogP contribution < -0.4 is 0 Å². The zero-order valence-electron chi connectivity index (χ0n) is 11.5. The van der Waals surface area contributed by atoms with Crippen LogP contribution in [0.3, 0.4) is 0 Å². The lowest BCUT2D eigenvalue weighted by molar-refractivity contribution is 0.0819. The Morgan fingerprint density at radius 2 is 2.00 bits per heavy atom. The Bertz CT molecular complexity index is 182. The summed E-state index contributed by atoms with van der Waals surface area (Å²) in [4.78, 5) is 2.66. The van der Waals surface area contributed by atoms with Crippen molar-refractivity contribution in [3.8, 4) is 0 Å². The molecule has 2 heteroatoms. The Labute approximate surface area is 101 Å². The summed E-state index contributed by atoms with van der Waals surface area (Å²) >= 11 is 0. The molecule has 0 N–H and O–H groups in total. The molecule has 0 aromatic rings. The SMILES string of the molecule is CCOCCN1CCC(C)CCC1C(C)C. The van der Waals surface area contributed by atoms with E-state index in [-0.39, 0.29) is 0 Å². The zero-order chi connectivity index (χ0) is 12.0. The van der Waals surface area contributed by atoms with Gasteiger partial charge in [-0.1, -0.05) is 20.8 Å². The van der Waals surface area contributed by atoms with Crippen LogP contribution in [0.15, 0.2) is 0 Å². The van der Waals surface area contributed by atoms with Crippen molar-refractivity contribution in [3.63, 3.8) is 0 Å². The summed E-state index contributed by atoms with van der Waals surface area (Å²) in [6.45, 7) is 13.3. The summed E-state index contributed by atoms with van der Waals surface area (Å²) in [7, 11) is 0. The normalized spacial score (nSPS) is 28.3. The summed E-state index contributed by atoms with van der Waals surface area (Å²) in [5, 5.41) is 0. The first-order valence-electron chi connectivity index (χ1n) is 6.97. The lowest BCUT2D eigenvalue weighted by atomic mass is 9.95. The molecule has 2 unspecified atom stereocenters. The maximum Gasteiger partial charge on any atom is 0.0593 e. The van der Waals surface area contributed by atoms with Crippen LogP contribution in [0, 0.1) is 11.8 Å². The van der Waals surface area contributed by atoms with Gasteiger partial charge in [-0.2, -0.15) is 0 Å². The highest BCUT2D eigenvalue weighted by Crippen LogP contribution is 2.25. The molecule has 1 fully saturated rings. The molecule has 0 saturated carbocycles. The molecule has 1 heterocycles. The molecule has 0 amide bonds. The molecule has 0 aliphatic carbocycles. The maximum atomic E-state index is 5.49. The lowest BCUT2D eigenvalue weighted by Crippen LogP contribution is -2.40. The molecular weight excluding hydrogens is 198 g/mol. The minimum atomic E-state index is 0.769. The van der Waals surface area contributed by atoms with Crippen LogP contribution in [0.1, 0.15) is 47.0 Å². The highest BCUT2D eigenvalue weighted by atomic mass is 16.5. The zero-order valence-corrected chi connectivity index (χ0v) is 11.5. The first kappa shape index (κ1) is 14.0. The summed E-state index contributed by atoms with van der Waals surface area (Å²) < 4.78 is 5.49. The quantitative estimate of drug-likeness (QED) is 0.669. The summed E-state index contributed by atoms with van der Waals surface area (Å²) in [5.74, 6) is 1.67. The van der Waals surface area contributed by atoms with Crippen LogP contribution in [0.2, 0.25) is 0 Å². The maximum absolute atomic E-state index is 5.49. The second kappa shape index (κ2) is 7.29. The Balaban J connectivity index is 2.46.